The third-order valence-electron chi connectivity index (χ3n) is 3.39. The number of nitrogens with one attached hydrogen (secondary N) is 1. The second-order valence-electron chi connectivity index (χ2n) is 5.13. The number of aromatic hydroxyl groups is 1. The van der Waals surface area contributed by atoms with Gasteiger partial charge in [-0.05, 0) is 47.9 Å². The molecule has 0 saturated carbocycles. The Morgan fingerprint density at radius 2 is 1.96 bits per heavy atom. The molecule has 122 valence electrons. The predicted molar refractivity (Wildman–Crippen MR) is 97.8 cm³/mol. The van der Waals surface area contributed by atoms with E-state index in [1.807, 2.05) is 24.3 Å². The van der Waals surface area contributed by atoms with Gasteiger partial charge in [0.2, 0.25) is 5.91 Å². The summed E-state index contributed by atoms with van der Waals surface area (Å²) in [7, 11) is 0. The number of nitrogens with zero attached hydrogens (tertiary/aromatic N) is 2. The van der Waals surface area contributed by atoms with Crippen LogP contribution in [0.2, 0.25) is 5.02 Å². The smallest absolute Gasteiger partial charge is 0.239 e. The zero-order valence-corrected chi connectivity index (χ0v) is 14.1. The summed E-state index contributed by atoms with van der Waals surface area (Å²) >= 11 is 7.47. The molecule has 2 aromatic carbocycles. The van der Waals surface area contributed by atoms with Crippen molar-refractivity contribution in [3.8, 4) is 5.75 Å². The highest BCUT2D eigenvalue weighted by Gasteiger charge is 2.30. The monoisotopic (exact) mass is 359 g/mol. The Bertz CT molecular complexity index is 806. The van der Waals surface area contributed by atoms with E-state index in [4.69, 9.17) is 11.6 Å². The van der Waals surface area contributed by atoms with Gasteiger partial charge in [0, 0.05) is 5.02 Å². The van der Waals surface area contributed by atoms with Crippen LogP contribution in [-0.2, 0) is 11.2 Å². The van der Waals surface area contributed by atoms with Crippen molar-refractivity contribution in [3.63, 3.8) is 0 Å². The fourth-order valence-electron chi connectivity index (χ4n) is 2.16. The van der Waals surface area contributed by atoms with Crippen molar-refractivity contribution in [2.45, 2.75) is 11.7 Å². The number of hydrogen-bond donors (Lipinski definition) is 2. The van der Waals surface area contributed by atoms with Crippen molar-refractivity contribution < 1.29 is 9.90 Å². The summed E-state index contributed by atoms with van der Waals surface area (Å²) in [6.07, 6.45) is 2.09. The summed E-state index contributed by atoms with van der Waals surface area (Å²) in [5.74, 6) is 0.0954. The zero-order valence-electron chi connectivity index (χ0n) is 12.5. The van der Waals surface area contributed by atoms with E-state index in [1.54, 1.807) is 30.5 Å². The Hall–Kier alpha value is -2.31. The first-order chi connectivity index (χ1) is 11.6. The lowest BCUT2D eigenvalue weighted by Crippen LogP contribution is -2.26. The minimum Gasteiger partial charge on any atom is -0.508 e. The van der Waals surface area contributed by atoms with Gasteiger partial charge in [-0.15, -0.1) is 5.10 Å². The molecule has 2 aromatic rings. The molecule has 0 spiro atoms. The fraction of sp³-hybridized carbons (Fsp3) is 0.118. The van der Waals surface area contributed by atoms with Crippen LogP contribution in [0.4, 0.5) is 0 Å². The minimum atomic E-state index is -0.271. The van der Waals surface area contributed by atoms with E-state index in [0.29, 0.717) is 16.6 Å². The fourth-order valence-corrected chi connectivity index (χ4v) is 3.32. The molecule has 1 amide bonds. The van der Waals surface area contributed by atoms with Crippen LogP contribution in [0.5, 0.6) is 5.75 Å². The summed E-state index contributed by atoms with van der Waals surface area (Å²) in [4.78, 5) is 12.0. The molecule has 0 unspecified atom stereocenters. The van der Waals surface area contributed by atoms with Crippen LogP contribution < -0.4 is 5.32 Å². The lowest BCUT2D eigenvalue weighted by molar-refractivity contribution is -0.118. The number of amidine groups is 1. The highest BCUT2D eigenvalue weighted by atomic mass is 35.5. The zero-order chi connectivity index (χ0) is 16.9. The highest BCUT2D eigenvalue weighted by Crippen LogP contribution is 2.26. The van der Waals surface area contributed by atoms with Gasteiger partial charge in [0.05, 0.1) is 11.5 Å². The SMILES string of the molecule is O=C1N/C(=N/N=C\c2ccc(O)cc2)S[C@@H]1Cc1ccccc1Cl. The summed E-state index contributed by atoms with van der Waals surface area (Å²) < 4.78 is 0. The maximum atomic E-state index is 12.0. The van der Waals surface area contributed by atoms with Gasteiger partial charge in [-0.25, -0.2) is 0 Å². The van der Waals surface area contributed by atoms with Gasteiger partial charge in [-0.3, -0.25) is 4.79 Å². The van der Waals surface area contributed by atoms with Crippen molar-refractivity contribution in [2.24, 2.45) is 10.2 Å². The number of rotatable bonds is 4. The molecule has 7 heteroatoms. The first-order valence-electron chi connectivity index (χ1n) is 7.23. The standard InChI is InChI=1S/C17H14ClN3O2S/c18-14-4-2-1-3-12(14)9-15-16(23)20-17(24-15)21-19-10-11-5-7-13(22)8-6-11/h1-8,10,15,22H,9H2,(H,20,21,23)/b19-10-/t15-/m1/s1. The molecule has 0 aromatic heterocycles. The summed E-state index contributed by atoms with van der Waals surface area (Å²) in [5, 5.41) is 20.8. The number of phenolic OH excluding ortho intramolecular Hbond substituents is 1. The summed E-state index contributed by atoms with van der Waals surface area (Å²) in [6, 6.07) is 14.1. The number of carbonyl (C=O) groups excluding carboxylic acids is 1. The Balaban J connectivity index is 1.63. The van der Waals surface area contributed by atoms with Crippen LogP contribution in [-0.4, -0.2) is 27.6 Å². The number of carbonyl (C=O) groups is 1. The quantitative estimate of drug-likeness (QED) is 0.650. The van der Waals surface area contributed by atoms with Gasteiger partial charge >= 0.3 is 0 Å². The third kappa shape index (κ3) is 4.15. The predicted octanol–water partition coefficient (Wildman–Crippen LogP) is 3.21. The summed E-state index contributed by atoms with van der Waals surface area (Å²) in [5.41, 5.74) is 1.74. The molecule has 1 fully saturated rings. The molecule has 1 saturated heterocycles. The second-order valence-corrected chi connectivity index (χ2v) is 6.73. The van der Waals surface area contributed by atoms with Gasteiger partial charge in [0.25, 0.3) is 0 Å². The number of hydrogen-bond acceptors (Lipinski definition) is 5. The van der Waals surface area contributed by atoms with Crippen molar-refractivity contribution in [3.05, 3.63) is 64.7 Å². The van der Waals surface area contributed by atoms with E-state index < -0.39 is 0 Å². The maximum Gasteiger partial charge on any atom is 0.239 e. The molecule has 3 rings (SSSR count). The van der Waals surface area contributed by atoms with E-state index in [-0.39, 0.29) is 16.9 Å². The van der Waals surface area contributed by atoms with Gasteiger partial charge in [0.15, 0.2) is 5.17 Å². The topological polar surface area (TPSA) is 74.0 Å². The average Bonchev–Trinajstić information content (AvgIpc) is 2.91. The highest BCUT2D eigenvalue weighted by molar-refractivity contribution is 8.15. The van der Waals surface area contributed by atoms with E-state index >= 15 is 0 Å². The third-order valence-corrected chi connectivity index (χ3v) is 4.83. The molecule has 0 radical (unpaired) electrons. The van der Waals surface area contributed by atoms with Crippen LogP contribution in [0.15, 0.2) is 58.7 Å². The largest absolute Gasteiger partial charge is 0.508 e. The molecule has 1 heterocycles. The summed E-state index contributed by atoms with van der Waals surface area (Å²) in [6.45, 7) is 0. The van der Waals surface area contributed by atoms with Crippen LogP contribution >= 0.6 is 23.4 Å². The molecule has 0 aliphatic carbocycles. The van der Waals surface area contributed by atoms with Gasteiger partial charge in [-0.2, -0.15) is 5.10 Å². The Labute approximate surface area is 148 Å². The lowest BCUT2D eigenvalue weighted by Gasteiger charge is -2.06. The molecule has 0 bridgehead atoms. The van der Waals surface area contributed by atoms with Crippen LogP contribution in [0.25, 0.3) is 0 Å². The Morgan fingerprint density at radius 3 is 2.71 bits per heavy atom. The van der Waals surface area contributed by atoms with Gasteiger partial charge in [0.1, 0.15) is 5.75 Å². The number of benzene rings is 2. The number of thioether (sulfide) groups is 1. The van der Waals surface area contributed by atoms with E-state index in [9.17, 15) is 9.90 Å². The van der Waals surface area contributed by atoms with Crippen LogP contribution in [0.3, 0.4) is 0 Å². The van der Waals surface area contributed by atoms with Gasteiger partial charge < -0.3 is 10.4 Å². The number of halogens is 1. The molecule has 1 aliphatic rings. The Kier molecular flexibility index (Phi) is 5.17. The first kappa shape index (κ1) is 16.5. The average molecular weight is 360 g/mol. The van der Waals surface area contributed by atoms with Crippen molar-refractivity contribution >= 4 is 40.7 Å². The molecule has 1 atom stereocenters. The van der Waals surface area contributed by atoms with Crippen molar-refractivity contribution in [1.82, 2.24) is 5.32 Å². The lowest BCUT2D eigenvalue weighted by atomic mass is 10.1. The first-order valence-corrected chi connectivity index (χ1v) is 8.48. The van der Waals surface area contributed by atoms with Crippen LogP contribution in [0.1, 0.15) is 11.1 Å². The molecular formula is C17H14ClN3O2S. The Morgan fingerprint density at radius 1 is 1.21 bits per heavy atom. The van der Waals surface area contributed by atoms with E-state index in [1.165, 1.54) is 11.8 Å². The van der Waals surface area contributed by atoms with Gasteiger partial charge in [-0.1, -0.05) is 41.6 Å². The van der Waals surface area contributed by atoms with E-state index in [2.05, 4.69) is 15.5 Å². The molecule has 2 N–H and O–H groups in total. The number of amides is 1. The van der Waals surface area contributed by atoms with Crippen molar-refractivity contribution in [1.29, 1.82) is 0 Å². The minimum absolute atomic E-state index is 0.0986. The van der Waals surface area contributed by atoms with E-state index in [0.717, 1.165) is 11.1 Å². The second kappa shape index (κ2) is 7.51. The molecular weight excluding hydrogens is 346 g/mol. The number of phenols is 1. The normalized spacial score (nSPS) is 19.1. The van der Waals surface area contributed by atoms with Crippen molar-refractivity contribution in [2.75, 3.05) is 0 Å². The maximum absolute atomic E-state index is 12.0. The molecule has 1 aliphatic heterocycles. The van der Waals surface area contributed by atoms with Crippen LogP contribution in [0, 0.1) is 0 Å². The molecule has 5 nitrogen and oxygen atoms in total. The molecule has 24 heavy (non-hydrogen) atoms.